The molecule has 0 radical (unpaired) electrons. The van der Waals surface area contributed by atoms with E-state index >= 15 is 0 Å². The maximum Gasteiger partial charge on any atom is 0.416 e. The van der Waals surface area contributed by atoms with Crippen LogP contribution in [0.25, 0.3) is 33.5 Å². The van der Waals surface area contributed by atoms with Gasteiger partial charge in [0.15, 0.2) is 11.6 Å². The molecule has 0 bridgehead atoms. The summed E-state index contributed by atoms with van der Waals surface area (Å²) < 4.78 is 50.2. The van der Waals surface area contributed by atoms with E-state index in [1.165, 1.54) is 13.2 Å². The van der Waals surface area contributed by atoms with Crippen molar-refractivity contribution >= 4 is 33.8 Å². The number of fused-ring (bicyclic) bond motifs is 2. The molecule has 4 aromatic rings. The number of nitrogens with zero attached hydrogens (tertiary/aromatic N) is 3. The lowest BCUT2D eigenvalue weighted by atomic mass is 10.1. The van der Waals surface area contributed by atoms with Crippen LogP contribution in [0.1, 0.15) is 35.7 Å². The Morgan fingerprint density at radius 3 is 2.64 bits per heavy atom. The number of benzene rings is 2. The van der Waals surface area contributed by atoms with Crippen LogP contribution in [0.3, 0.4) is 0 Å². The number of alkyl halides is 3. The molecule has 2 aromatic heterocycles. The molecule has 1 aliphatic heterocycles. The predicted molar refractivity (Wildman–Crippen MR) is 117 cm³/mol. The summed E-state index contributed by atoms with van der Waals surface area (Å²) in [5, 5.41) is 0.336. The summed E-state index contributed by atoms with van der Waals surface area (Å²) in [6, 6.07) is 10.0. The first-order valence-electron chi connectivity index (χ1n) is 10.5. The van der Waals surface area contributed by atoms with Crippen molar-refractivity contribution in [3.05, 3.63) is 53.6 Å². The van der Waals surface area contributed by atoms with E-state index in [4.69, 9.17) is 19.1 Å². The number of anilines is 1. The molecular weight excluding hydrogens is 435 g/mol. The maximum atomic E-state index is 13.2. The van der Waals surface area contributed by atoms with Gasteiger partial charge in [0, 0.05) is 18.0 Å². The number of halogens is 3. The van der Waals surface area contributed by atoms with E-state index in [0.29, 0.717) is 44.8 Å². The van der Waals surface area contributed by atoms with Crippen molar-refractivity contribution in [2.24, 2.45) is 0 Å². The molecule has 6 nitrogen and oxygen atoms in total. The SMILES string of the molecule is COC(=O)c1ccc2nc(-c3cc4cc(C(F)(F)F)ccc4o3)c(N3CCCC3C)nc2c1. The van der Waals surface area contributed by atoms with Crippen molar-refractivity contribution in [2.45, 2.75) is 32.0 Å². The lowest BCUT2D eigenvalue weighted by molar-refractivity contribution is -0.137. The van der Waals surface area contributed by atoms with Gasteiger partial charge in [-0.3, -0.25) is 0 Å². The minimum atomic E-state index is -4.44. The fourth-order valence-corrected chi connectivity index (χ4v) is 4.24. The molecule has 1 saturated heterocycles. The van der Waals surface area contributed by atoms with Crippen LogP contribution in [0.5, 0.6) is 0 Å². The van der Waals surface area contributed by atoms with Crippen LogP contribution in [0.15, 0.2) is 46.9 Å². The summed E-state index contributed by atoms with van der Waals surface area (Å²) in [4.78, 5) is 23.6. The maximum absolute atomic E-state index is 13.2. The predicted octanol–water partition coefficient (Wildman–Crippen LogP) is 5.84. The highest BCUT2D eigenvalue weighted by molar-refractivity contribution is 5.95. The second kappa shape index (κ2) is 7.75. The van der Waals surface area contributed by atoms with Gasteiger partial charge in [-0.05, 0) is 62.2 Å². The molecule has 1 atom stereocenters. The van der Waals surface area contributed by atoms with Crippen LogP contribution in [0.2, 0.25) is 0 Å². The Balaban J connectivity index is 1.69. The normalized spacial score (nSPS) is 16.6. The summed E-state index contributed by atoms with van der Waals surface area (Å²) in [7, 11) is 1.31. The molecule has 0 spiro atoms. The van der Waals surface area contributed by atoms with E-state index in [-0.39, 0.29) is 6.04 Å². The largest absolute Gasteiger partial charge is 0.465 e. The van der Waals surface area contributed by atoms with E-state index in [2.05, 4.69) is 11.8 Å². The van der Waals surface area contributed by atoms with Crippen LogP contribution in [-0.4, -0.2) is 35.6 Å². The Kier molecular flexibility index (Phi) is 4.99. The average Bonchev–Trinajstić information content (AvgIpc) is 3.42. The molecule has 9 heteroatoms. The van der Waals surface area contributed by atoms with Crippen LogP contribution in [0, 0.1) is 0 Å². The minimum absolute atomic E-state index is 0.209. The number of carbonyl (C=O) groups is 1. The number of hydrogen-bond donors (Lipinski definition) is 0. The van der Waals surface area contributed by atoms with Crippen molar-refractivity contribution in [3.63, 3.8) is 0 Å². The van der Waals surface area contributed by atoms with Gasteiger partial charge in [0.1, 0.15) is 11.3 Å². The number of ether oxygens (including phenoxy) is 1. The number of rotatable bonds is 3. The van der Waals surface area contributed by atoms with E-state index in [9.17, 15) is 18.0 Å². The second-order valence-electron chi connectivity index (χ2n) is 8.14. The summed E-state index contributed by atoms with van der Waals surface area (Å²) in [6.45, 7) is 2.85. The quantitative estimate of drug-likeness (QED) is 0.362. The molecule has 0 saturated carbocycles. The van der Waals surface area contributed by atoms with Gasteiger partial charge in [0.05, 0.1) is 29.3 Å². The van der Waals surface area contributed by atoms with Gasteiger partial charge in [-0.1, -0.05) is 0 Å². The number of esters is 1. The van der Waals surface area contributed by atoms with Gasteiger partial charge < -0.3 is 14.1 Å². The molecule has 1 unspecified atom stereocenters. The molecule has 5 rings (SSSR count). The number of hydrogen-bond acceptors (Lipinski definition) is 6. The molecule has 3 heterocycles. The average molecular weight is 455 g/mol. The Morgan fingerprint density at radius 1 is 1.12 bits per heavy atom. The number of carbonyl (C=O) groups excluding carboxylic acids is 1. The fourth-order valence-electron chi connectivity index (χ4n) is 4.24. The van der Waals surface area contributed by atoms with Gasteiger partial charge in [0.25, 0.3) is 0 Å². The lowest BCUT2D eigenvalue weighted by Gasteiger charge is -2.24. The Hall–Kier alpha value is -3.62. The molecule has 0 N–H and O–H groups in total. The zero-order chi connectivity index (χ0) is 23.3. The van der Waals surface area contributed by atoms with Crippen LogP contribution < -0.4 is 4.90 Å². The van der Waals surface area contributed by atoms with Gasteiger partial charge >= 0.3 is 12.1 Å². The first-order chi connectivity index (χ1) is 15.7. The van der Waals surface area contributed by atoms with Gasteiger partial charge in [0.2, 0.25) is 0 Å². The van der Waals surface area contributed by atoms with Gasteiger partial charge in [-0.25, -0.2) is 14.8 Å². The molecule has 1 aliphatic rings. The highest BCUT2D eigenvalue weighted by atomic mass is 19.4. The van der Waals surface area contributed by atoms with Crippen molar-refractivity contribution < 1.29 is 27.1 Å². The smallest absolute Gasteiger partial charge is 0.416 e. The second-order valence-corrected chi connectivity index (χ2v) is 8.14. The summed E-state index contributed by atoms with van der Waals surface area (Å²) >= 11 is 0. The van der Waals surface area contributed by atoms with Crippen molar-refractivity contribution in [1.29, 1.82) is 0 Å². The van der Waals surface area contributed by atoms with Crippen molar-refractivity contribution in [3.8, 4) is 11.5 Å². The standard InChI is InChI=1S/C24H20F3N3O3/c1-13-4-3-9-30(13)22-21(28-17-7-5-14(23(31)32-2)11-18(17)29-22)20-12-15-10-16(24(25,26)27)6-8-19(15)33-20/h5-8,10-13H,3-4,9H2,1-2H3. The summed E-state index contributed by atoms with van der Waals surface area (Å²) in [6.07, 6.45) is -2.48. The number of methoxy groups -OCH3 is 1. The summed E-state index contributed by atoms with van der Waals surface area (Å²) in [5.41, 5.74) is 1.45. The Labute approximate surface area is 187 Å². The topological polar surface area (TPSA) is 68.5 Å². The minimum Gasteiger partial charge on any atom is -0.465 e. The zero-order valence-corrected chi connectivity index (χ0v) is 17.9. The summed E-state index contributed by atoms with van der Waals surface area (Å²) in [5.74, 6) is 0.436. The number of furan rings is 1. The molecular formula is C24H20F3N3O3. The first kappa shape index (κ1) is 21.2. The molecule has 33 heavy (non-hydrogen) atoms. The van der Waals surface area contributed by atoms with Crippen LogP contribution in [-0.2, 0) is 10.9 Å². The fraction of sp³-hybridized carbons (Fsp3) is 0.292. The lowest BCUT2D eigenvalue weighted by Crippen LogP contribution is -2.28. The first-order valence-corrected chi connectivity index (χ1v) is 10.5. The third kappa shape index (κ3) is 3.77. The highest BCUT2D eigenvalue weighted by Gasteiger charge is 2.31. The molecule has 2 aromatic carbocycles. The van der Waals surface area contributed by atoms with Crippen LogP contribution >= 0.6 is 0 Å². The highest BCUT2D eigenvalue weighted by Crippen LogP contribution is 2.38. The van der Waals surface area contributed by atoms with E-state index in [0.717, 1.165) is 31.5 Å². The van der Waals surface area contributed by atoms with Crippen molar-refractivity contribution in [1.82, 2.24) is 9.97 Å². The third-order valence-corrected chi connectivity index (χ3v) is 5.97. The Bertz CT molecular complexity index is 1380. The zero-order valence-electron chi connectivity index (χ0n) is 17.9. The molecule has 170 valence electrons. The van der Waals surface area contributed by atoms with Crippen molar-refractivity contribution in [2.75, 3.05) is 18.6 Å². The van der Waals surface area contributed by atoms with E-state index < -0.39 is 17.7 Å². The monoisotopic (exact) mass is 455 g/mol. The molecule has 0 amide bonds. The van der Waals surface area contributed by atoms with Gasteiger partial charge in [-0.15, -0.1) is 0 Å². The molecule has 1 fully saturated rings. The van der Waals surface area contributed by atoms with E-state index in [1.54, 1.807) is 24.3 Å². The Morgan fingerprint density at radius 2 is 1.94 bits per heavy atom. The van der Waals surface area contributed by atoms with Gasteiger partial charge in [-0.2, -0.15) is 13.2 Å². The molecule has 0 aliphatic carbocycles. The van der Waals surface area contributed by atoms with E-state index in [1.807, 2.05) is 0 Å². The van der Waals surface area contributed by atoms with Crippen LogP contribution in [0.4, 0.5) is 19.0 Å². The third-order valence-electron chi connectivity index (χ3n) is 5.97. The number of aromatic nitrogens is 2.